The van der Waals surface area contributed by atoms with E-state index in [1.54, 1.807) is 0 Å². The van der Waals surface area contributed by atoms with Gasteiger partial charge >= 0.3 is 7.12 Å². The Kier molecular flexibility index (Phi) is 2.17. The lowest BCUT2D eigenvalue weighted by atomic mass is 9.85. The highest BCUT2D eigenvalue weighted by atomic mass is 19.1. The van der Waals surface area contributed by atoms with Crippen molar-refractivity contribution in [2.75, 3.05) is 0 Å². The van der Waals surface area contributed by atoms with Gasteiger partial charge < -0.3 is 9.31 Å². The van der Waals surface area contributed by atoms with Crippen molar-refractivity contribution >= 4 is 12.7 Å². The summed E-state index contributed by atoms with van der Waals surface area (Å²) >= 11 is 0. The van der Waals surface area contributed by atoms with Gasteiger partial charge in [0.05, 0.1) is 17.4 Å². The number of hydrogen-bond donors (Lipinski definition) is 1. The second-order valence-electron chi connectivity index (χ2n) is 4.72. The monoisotopic (exact) mass is 212 g/mol. The molecular weight excluding hydrogens is 198 g/mol. The first-order chi connectivity index (χ1) is 6.83. The Hall–Kier alpha value is -0.875. The molecule has 0 amide bonds. The van der Waals surface area contributed by atoms with E-state index in [0.717, 1.165) is 6.20 Å². The van der Waals surface area contributed by atoms with Crippen molar-refractivity contribution in [3.05, 3.63) is 12.0 Å². The number of halogens is 1. The summed E-state index contributed by atoms with van der Waals surface area (Å²) in [6, 6.07) is 0. The summed E-state index contributed by atoms with van der Waals surface area (Å²) in [5, 5.41) is 6.15. The molecule has 4 nitrogen and oxygen atoms in total. The molecule has 1 fully saturated rings. The standard InChI is InChI=1S/C9H14BFN2O2/c1-8(2)9(3,4)15-10(14-8)7-6(11)5-12-13-7/h5H,1-4H3,(H,12,13). The fourth-order valence-electron chi connectivity index (χ4n) is 1.41. The number of nitrogens with zero attached hydrogens (tertiary/aromatic N) is 1. The van der Waals surface area contributed by atoms with Crippen LogP contribution < -0.4 is 5.59 Å². The molecule has 0 atom stereocenters. The van der Waals surface area contributed by atoms with Crippen LogP contribution in [0.25, 0.3) is 0 Å². The van der Waals surface area contributed by atoms with Crippen LogP contribution in [0, 0.1) is 5.82 Å². The Morgan fingerprint density at radius 3 is 2.20 bits per heavy atom. The molecule has 0 spiro atoms. The fourth-order valence-corrected chi connectivity index (χ4v) is 1.41. The summed E-state index contributed by atoms with van der Waals surface area (Å²) in [5.74, 6) is -0.437. The molecule has 0 unspecified atom stereocenters. The minimum absolute atomic E-state index is 0.244. The first-order valence-electron chi connectivity index (χ1n) is 4.88. The number of H-pyrrole nitrogens is 1. The van der Waals surface area contributed by atoms with Crippen LogP contribution in [0.2, 0.25) is 0 Å². The molecule has 0 radical (unpaired) electrons. The van der Waals surface area contributed by atoms with Crippen molar-refractivity contribution in [3.8, 4) is 0 Å². The van der Waals surface area contributed by atoms with E-state index in [9.17, 15) is 4.39 Å². The van der Waals surface area contributed by atoms with E-state index in [4.69, 9.17) is 9.31 Å². The Morgan fingerprint density at radius 1 is 1.27 bits per heavy atom. The Bertz CT molecular complexity index is 362. The van der Waals surface area contributed by atoms with E-state index < -0.39 is 24.1 Å². The van der Waals surface area contributed by atoms with Gasteiger partial charge in [-0.3, -0.25) is 5.10 Å². The van der Waals surface area contributed by atoms with Crippen LogP contribution in [0.3, 0.4) is 0 Å². The number of nitrogens with one attached hydrogen (secondary N) is 1. The molecule has 2 heterocycles. The molecule has 6 heteroatoms. The van der Waals surface area contributed by atoms with E-state index in [1.807, 2.05) is 27.7 Å². The van der Waals surface area contributed by atoms with Gasteiger partial charge in [-0.25, -0.2) is 4.39 Å². The molecule has 1 aromatic rings. The second-order valence-corrected chi connectivity index (χ2v) is 4.72. The molecule has 1 aromatic heterocycles. The average Bonchev–Trinajstić information content (AvgIpc) is 2.55. The van der Waals surface area contributed by atoms with Crippen LogP contribution in [0.5, 0.6) is 0 Å². The predicted octanol–water partition coefficient (Wildman–Crippen LogP) is 0.848. The molecule has 0 aliphatic carbocycles. The van der Waals surface area contributed by atoms with Gasteiger partial charge in [0, 0.05) is 0 Å². The number of aromatic nitrogens is 2. The quantitative estimate of drug-likeness (QED) is 0.702. The first kappa shape index (κ1) is 10.6. The van der Waals surface area contributed by atoms with Gasteiger partial charge in [0.15, 0.2) is 5.82 Å². The third kappa shape index (κ3) is 1.57. The largest absolute Gasteiger partial charge is 0.517 e. The zero-order chi connectivity index (χ0) is 11.3. The predicted molar refractivity (Wildman–Crippen MR) is 54.3 cm³/mol. The number of aromatic amines is 1. The summed E-state index contributed by atoms with van der Waals surface area (Å²) in [5.41, 5.74) is -0.682. The zero-order valence-corrected chi connectivity index (χ0v) is 9.30. The third-order valence-corrected chi connectivity index (χ3v) is 3.11. The second kappa shape index (κ2) is 3.06. The summed E-state index contributed by atoms with van der Waals surface area (Å²) in [6.07, 6.45) is 1.11. The molecular formula is C9H14BFN2O2. The Balaban J connectivity index is 2.27. The summed E-state index contributed by atoms with van der Waals surface area (Å²) < 4.78 is 24.6. The van der Waals surface area contributed by atoms with Gasteiger partial charge in [0.2, 0.25) is 0 Å². The van der Waals surface area contributed by atoms with Crippen molar-refractivity contribution in [3.63, 3.8) is 0 Å². The fraction of sp³-hybridized carbons (Fsp3) is 0.667. The lowest BCUT2D eigenvalue weighted by Crippen LogP contribution is -2.41. The summed E-state index contributed by atoms with van der Waals surface area (Å²) in [6.45, 7) is 7.67. The maximum absolute atomic E-state index is 13.3. The van der Waals surface area contributed by atoms with Crippen LogP contribution in [-0.4, -0.2) is 28.5 Å². The van der Waals surface area contributed by atoms with E-state index in [-0.39, 0.29) is 5.59 Å². The Morgan fingerprint density at radius 2 is 1.80 bits per heavy atom. The van der Waals surface area contributed by atoms with Crippen molar-refractivity contribution in [1.29, 1.82) is 0 Å². The van der Waals surface area contributed by atoms with Crippen LogP contribution in [-0.2, 0) is 9.31 Å². The van der Waals surface area contributed by atoms with E-state index >= 15 is 0 Å². The topological polar surface area (TPSA) is 47.1 Å². The molecule has 0 bridgehead atoms. The van der Waals surface area contributed by atoms with Gasteiger partial charge in [0.1, 0.15) is 5.59 Å². The maximum atomic E-state index is 13.3. The van der Waals surface area contributed by atoms with Gasteiger partial charge in [0.25, 0.3) is 0 Å². The van der Waals surface area contributed by atoms with Gasteiger partial charge in [-0.05, 0) is 27.7 Å². The van der Waals surface area contributed by atoms with Crippen LogP contribution in [0.1, 0.15) is 27.7 Å². The van der Waals surface area contributed by atoms with E-state index in [0.29, 0.717) is 0 Å². The van der Waals surface area contributed by atoms with Crippen LogP contribution >= 0.6 is 0 Å². The molecule has 82 valence electrons. The maximum Gasteiger partial charge on any atom is 0.517 e. The van der Waals surface area contributed by atoms with Gasteiger partial charge in [-0.2, -0.15) is 5.10 Å². The molecule has 0 saturated carbocycles. The summed E-state index contributed by atoms with van der Waals surface area (Å²) in [7, 11) is -0.711. The van der Waals surface area contributed by atoms with E-state index in [2.05, 4.69) is 10.2 Å². The number of rotatable bonds is 1. The van der Waals surface area contributed by atoms with Gasteiger partial charge in [-0.15, -0.1) is 0 Å². The molecule has 2 rings (SSSR count). The molecule has 1 aliphatic heterocycles. The highest BCUT2D eigenvalue weighted by Crippen LogP contribution is 2.36. The minimum atomic E-state index is -0.711. The van der Waals surface area contributed by atoms with Crippen molar-refractivity contribution < 1.29 is 13.7 Å². The smallest absolute Gasteiger partial charge is 0.398 e. The molecule has 1 saturated heterocycles. The van der Waals surface area contributed by atoms with Crippen LogP contribution in [0.15, 0.2) is 6.20 Å². The summed E-state index contributed by atoms with van der Waals surface area (Å²) in [4.78, 5) is 0. The van der Waals surface area contributed by atoms with Gasteiger partial charge in [-0.1, -0.05) is 0 Å². The minimum Gasteiger partial charge on any atom is -0.398 e. The van der Waals surface area contributed by atoms with Crippen LogP contribution in [0.4, 0.5) is 4.39 Å². The lowest BCUT2D eigenvalue weighted by molar-refractivity contribution is 0.00578. The normalized spacial score (nSPS) is 23.4. The third-order valence-electron chi connectivity index (χ3n) is 3.11. The molecule has 1 aliphatic rings. The highest BCUT2D eigenvalue weighted by molar-refractivity contribution is 6.61. The highest BCUT2D eigenvalue weighted by Gasteiger charge is 2.53. The Labute approximate surface area is 88.3 Å². The average molecular weight is 212 g/mol. The molecule has 0 aromatic carbocycles. The zero-order valence-electron chi connectivity index (χ0n) is 9.30. The molecule has 15 heavy (non-hydrogen) atoms. The van der Waals surface area contributed by atoms with E-state index in [1.165, 1.54) is 0 Å². The lowest BCUT2D eigenvalue weighted by Gasteiger charge is -2.32. The SMILES string of the molecule is CC1(C)OB(c2[nH]ncc2F)OC1(C)C. The first-order valence-corrected chi connectivity index (χ1v) is 4.88. The number of hydrogen-bond acceptors (Lipinski definition) is 3. The van der Waals surface area contributed by atoms with Crippen molar-refractivity contribution in [2.45, 2.75) is 38.9 Å². The van der Waals surface area contributed by atoms with Crippen molar-refractivity contribution in [1.82, 2.24) is 10.2 Å². The van der Waals surface area contributed by atoms with Crippen molar-refractivity contribution in [2.24, 2.45) is 0 Å². The molecule has 1 N–H and O–H groups in total.